The molecule has 0 aromatic carbocycles. The third-order valence-corrected chi connectivity index (χ3v) is 5.07. The molecule has 1 N–H and O–H groups in total. The number of nitrogens with one attached hydrogen (secondary N) is 1. The second kappa shape index (κ2) is 7.25. The van der Waals surface area contributed by atoms with Gasteiger partial charge in [-0.05, 0) is 32.7 Å². The van der Waals surface area contributed by atoms with Crippen LogP contribution in [0.5, 0.6) is 0 Å². The van der Waals surface area contributed by atoms with E-state index in [1.165, 1.54) is 47.9 Å². The maximum Gasteiger partial charge on any atom is 0.186 e. The summed E-state index contributed by atoms with van der Waals surface area (Å²) in [5, 5.41) is 4.68. The summed E-state index contributed by atoms with van der Waals surface area (Å²) in [4.78, 5) is 8.86. The molecule has 1 unspecified atom stereocenters. The Morgan fingerprint density at radius 1 is 1.32 bits per heavy atom. The Kier molecular flexibility index (Phi) is 5.64. The van der Waals surface area contributed by atoms with Gasteiger partial charge >= 0.3 is 0 Å². The normalized spacial score (nSPS) is 20.6. The van der Waals surface area contributed by atoms with Crippen molar-refractivity contribution in [3.05, 3.63) is 10.6 Å². The topological polar surface area (TPSA) is 28.2 Å². The molecule has 0 amide bonds. The maximum absolute atomic E-state index is 4.90. The van der Waals surface area contributed by atoms with E-state index in [-0.39, 0.29) is 0 Å². The summed E-state index contributed by atoms with van der Waals surface area (Å²) in [6, 6.07) is 0.644. The van der Waals surface area contributed by atoms with Gasteiger partial charge in [-0.15, -0.1) is 11.3 Å². The lowest BCUT2D eigenvalue weighted by molar-refractivity contribution is 0.614. The summed E-state index contributed by atoms with van der Waals surface area (Å²) in [6.07, 6.45) is 6.40. The number of hydrogen-bond acceptors (Lipinski definition) is 4. The second-order valence-electron chi connectivity index (χ2n) is 5.39. The molecule has 3 nitrogen and oxygen atoms in total. The average Bonchev–Trinajstić information content (AvgIpc) is 2.70. The molecule has 0 saturated carbocycles. The molecule has 108 valence electrons. The van der Waals surface area contributed by atoms with E-state index < -0.39 is 0 Å². The van der Waals surface area contributed by atoms with Crippen LogP contribution < -0.4 is 10.2 Å². The van der Waals surface area contributed by atoms with Crippen molar-refractivity contribution in [2.24, 2.45) is 0 Å². The first-order valence-electron chi connectivity index (χ1n) is 7.72. The zero-order chi connectivity index (χ0) is 13.7. The van der Waals surface area contributed by atoms with Gasteiger partial charge in [0, 0.05) is 24.0 Å². The number of nitrogens with zero attached hydrogens (tertiary/aromatic N) is 2. The molecule has 1 atom stereocenters. The van der Waals surface area contributed by atoms with Crippen molar-refractivity contribution in [1.82, 2.24) is 10.3 Å². The number of rotatable bonds is 5. The van der Waals surface area contributed by atoms with Crippen molar-refractivity contribution in [3.63, 3.8) is 0 Å². The van der Waals surface area contributed by atoms with E-state index in [2.05, 4.69) is 31.0 Å². The van der Waals surface area contributed by atoms with E-state index in [4.69, 9.17) is 4.98 Å². The average molecular weight is 281 g/mol. The van der Waals surface area contributed by atoms with Crippen molar-refractivity contribution in [2.45, 2.75) is 65.5 Å². The maximum atomic E-state index is 4.90. The Balaban J connectivity index is 2.16. The molecular formula is C15H27N3S. The Morgan fingerprint density at radius 2 is 2.16 bits per heavy atom. The van der Waals surface area contributed by atoms with Crippen LogP contribution in [0.25, 0.3) is 0 Å². The van der Waals surface area contributed by atoms with Gasteiger partial charge in [0.2, 0.25) is 0 Å². The van der Waals surface area contributed by atoms with E-state index in [1.54, 1.807) is 0 Å². The molecule has 0 spiro atoms. The number of thiazole rings is 1. The molecule has 1 aliphatic heterocycles. The van der Waals surface area contributed by atoms with Crippen LogP contribution in [0.15, 0.2) is 0 Å². The van der Waals surface area contributed by atoms with Crippen LogP contribution in [-0.2, 0) is 13.0 Å². The SMILES string of the molecule is CCNCc1sc(N2CCCCCC2C)nc1CC. The molecule has 0 radical (unpaired) electrons. The molecule has 1 aliphatic rings. The predicted molar refractivity (Wildman–Crippen MR) is 84.1 cm³/mol. The number of aromatic nitrogens is 1. The molecule has 19 heavy (non-hydrogen) atoms. The molecular weight excluding hydrogens is 254 g/mol. The van der Waals surface area contributed by atoms with Gasteiger partial charge in [-0.1, -0.05) is 26.7 Å². The summed E-state index contributed by atoms with van der Waals surface area (Å²) in [5.74, 6) is 0. The first-order valence-corrected chi connectivity index (χ1v) is 8.53. The standard InChI is InChI=1S/C15H27N3S/c1-4-13-14(11-16-5-2)19-15(17-13)18-10-8-6-7-9-12(18)3/h12,16H,4-11H2,1-3H3. The number of aryl methyl sites for hydroxylation is 1. The Morgan fingerprint density at radius 3 is 2.89 bits per heavy atom. The fourth-order valence-corrected chi connectivity index (χ4v) is 3.95. The summed E-state index contributed by atoms with van der Waals surface area (Å²) >= 11 is 1.90. The highest BCUT2D eigenvalue weighted by atomic mass is 32.1. The van der Waals surface area contributed by atoms with Crippen molar-refractivity contribution in [1.29, 1.82) is 0 Å². The fraction of sp³-hybridized carbons (Fsp3) is 0.800. The monoisotopic (exact) mass is 281 g/mol. The van der Waals surface area contributed by atoms with Crippen LogP contribution in [0, 0.1) is 0 Å². The van der Waals surface area contributed by atoms with Crippen LogP contribution in [0.2, 0.25) is 0 Å². The first-order chi connectivity index (χ1) is 9.26. The third-order valence-electron chi connectivity index (χ3n) is 3.94. The fourth-order valence-electron chi connectivity index (χ4n) is 2.70. The van der Waals surface area contributed by atoms with Gasteiger partial charge in [0.25, 0.3) is 0 Å². The van der Waals surface area contributed by atoms with Gasteiger partial charge in [-0.2, -0.15) is 0 Å². The van der Waals surface area contributed by atoms with E-state index in [1.807, 2.05) is 11.3 Å². The Bertz CT molecular complexity index is 389. The highest BCUT2D eigenvalue weighted by Gasteiger charge is 2.21. The quantitative estimate of drug-likeness (QED) is 0.894. The second-order valence-corrected chi connectivity index (χ2v) is 6.45. The zero-order valence-electron chi connectivity index (χ0n) is 12.5. The molecule has 1 fully saturated rings. The van der Waals surface area contributed by atoms with Gasteiger partial charge < -0.3 is 10.2 Å². The van der Waals surface area contributed by atoms with Crippen molar-refractivity contribution < 1.29 is 0 Å². The van der Waals surface area contributed by atoms with Gasteiger partial charge in [0.05, 0.1) is 5.69 Å². The van der Waals surface area contributed by atoms with E-state index in [9.17, 15) is 0 Å². The molecule has 2 rings (SSSR count). The lowest BCUT2D eigenvalue weighted by Gasteiger charge is -2.26. The van der Waals surface area contributed by atoms with Crippen molar-refractivity contribution in [2.75, 3.05) is 18.0 Å². The largest absolute Gasteiger partial charge is 0.345 e. The number of anilines is 1. The van der Waals surface area contributed by atoms with E-state index in [0.717, 1.165) is 19.5 Å². The lowest BCUT2D eigenvalue weighted by atomic mass is 10.1. The van der Waals surface area contributed by atoms with Crippen LogP contribution in [-0.4, -0.2) is 24.1 Å². The molecule has 2 heterocycles. The van der Waals surface area contributed by atoms with Crippen LogP contribution in [0.3, 0.4) is 0 Å². The first kappa shape index (κ1) is 14.8. The molecule has 4 heteroatoms. The Labute approximate surface area is 121 Å². The minimum Gasteiger partial charge on any atom is -0.345 e. The van der Waals surface area contributed by atoms with Crippen LogP contribution in [0.4, 0.5) is 5.13 Å². The minimum absolute atomic E-state index is 0.644. The van der Waals surface area contributed by atoms with Gasteiger partial charge in [-0.25, -0.2) is 4.98 Å². The highest BCUT2D eigenvalue weighted by Crippen LogP contribution is 2.31. The predicted octanol–water partition coefficient (Wildman–Crippen LogP) is 3.58. The van der Waals surface area contributed by atoms with Crippen molar-refractivity contribution in [3.8, 4) is 0 Å². The smallest absolute Gasteiger partial charge is 0.186 e. The van der Waals surface area contributed by atoms with Gasteiger partial charge in [0.15, 0.2) is 5.13 Å². The Hall–Kier alpha value is -0.610. The lowest BCUT2D eigenvalue weighted by Crippen LogP contribution is -2.32. The summed E-state index contributed by atoms with van der Waals surface area (Å²) in [5.41, 5.74) is 1.29. The van der Waals surface area contributed by atoms with Crippen LogP contribution in [0.1, 0.15) is 57.0 Å². The molecule has 1 aromatic heterocycles. The van der Waals surface area contributed by atoms with Crippen LogP contribution >= 0.6 is 11.3 Å². The highest BCUT2D eigenvalue weighted by molar-refractivity contribution is 7.15. The summed E-state index contributed by atoms with van der Waals surface area (Å²) in [6.45, 7) is 9.89. The van der Waals surface area contributed by atoms with Crippen molar-refractivity contribution >= 4 is 16.5 Å². The molecule has 0 bridgehead atoms. The molecule has 1 aromatic rings. The summed E-state index contributed by atoms with van der Waals surface area (Å²) in [7, 11) is 0. The van der Waals surface area contributed by atoms with Gasteiger partial charge in [0.1, 0.15) is 0 Å². The zero-order valence-corrected chi connectivity index (χ0v) is 13.4. The van der Waals surface area contributed by atoms with E-state index >= 15 is 0 Å². The molecule has 0 aliphatic carbocycles. The molecule has 1 saturated heterocycles. The number of hydrogen-bond donors (Lipinski definition) is 1. The van der Waals surface area contributed by atoms with Gasteiger partial charge in [-0.3, -0.25) is 0 Å². The minimum atomic E-state index is 0.644. The van der Waals surface area contributed by atoms with E-state index in [0.29, 0.717) is 6.04 Å². The third kappa shape index (κ3) is 3.69. The summed E-state index contributed by atoms with van der Waals surface area (Å²) < 4.78 is 0.